The summed E-state index contributed by atoms with van der Waals surface area (Å²) in [6.07, 6.45) is 0.625. The average molecular weight is 230 g/mol. The minimum atomic E-state index is -0.285. The summed E-state index contributed by atoms with van der Waals surface area (Å²) in [4.78, 5) is 0. The molecule has 0 heterocycles. The molecule has 0 radical (unpaired) electrons. The molecule has 3 heteroatoms. The summed E-state index contributed by atoms with van der Waals surface area (Å²) in [6, 6.07) is 4.71. The molecule has 0 bridgehead atoms. The summed E-state index contributed by atoms with van der Waals surface area (Å²) in [5.74, 6) is -0.232. The van der Waals surface area contributed by atoms with Crippen molar-refractivity contribution in [3.05, 3.63) is 47.3 Å². The first-order chi connectivity index (χ1) is 6.50. The molecule has 0 amide bonds. The van der Waals surface area contributed by atoms with Crippen LogP contribution in [0.15, 0.2) is 30.4 Å². The molecule has 2 N–H and O–H groups in total. The van der Waals surface area contributed by atoms with E-state index in [4.69, 9.17) is 5.73 Å². The highest BCUT2D eigenvalue weighted by Gasteiger charge is 2.11. The molecule has 0 saturated heterocycles. The van der Waals surface area contributed by atoms with Gasteiger partial charge in [0.25, 0.3) is 0 Å². The highest BCUT2D eigenvalue weighted by molar-refractivity contribution is 5.85. The molecule has 0 fully saturated rings. The second-order valence-electron chi connectivity index (χ2n) is 3.79. The summed E-state index contributed by atoms with van der Waals surface area (Å²) in [7, 11) is 0. The smallest absolute Gasteiger partial charge is 0.128 e. The fraction of sp³-hybridized carbons (Fsp3) is 0.333. The van der Waals surface area contributed by atoms with Gasteiger partial charge < -0.3 is 5.73 Å². The maximum Gasteiger partial charge on any atom is 0.128 e. The van der Waals surface area contributed by atoms with Crippen molar-refractivity contribution in [1.29, 1.82) is 0 Å². The van der Waals surface area contributed by atoms with Gasteiger partial charge in [0, 0.05) is 11.6 Å². The molecular weight excluding hydrogens is 213 g/mol. The zero-order valence-electron chi connectivity index (χ0n) is 9.09. The van der Waals surface area contributed by atoms with E-state index >= 15 is 0 Å². The fourth-order valence-electron chi connectivity index (χ4n) is 1.43. The number of hydrogen-bond donors (Lipinski definition) is 1. The van der Waals surface area contributed by atoms with Crippen molar-refractivity contribution >= 4 is 12.4 Å². The minimum Gasteiger partial charge on any atom is -0.324 e. The van der Waals surface area contributed by atoms with Crippen LogP contribution in [0.5, 0.6) is 0 Å². The lowest BCUT2D eigenvalue weighted by molar-refractivity contribution is 0.579. The first-order valence-corrected chi connectivity index (χ1v) is 4.66. The van der Waals surface area contributed by atoms with Crippen molar-refractivity contribution < 1.29 is 4.39 Å². The van der Waals surface area contributed by atoms with Crippen LogP contribution in [-0.2, 0) is 0 Å². The van der Waals surface area contributed by atoms with Gasteiger partial charge in [0.15, 0.2) is 0 Å². The Labute approximate surface area is 96.6 Å². The number of halogens is 2. The Balaban J connectivity index is 0.00000196. The molecule has 1 aromatic carbocycles. The third-order valence-electron chi connectivity index (χ3n) is 2.12. The Bertz CT molecular complexity index is 349. The predicted octanol–water partition coefficient (Wildman–Crippen LogP) is 3.52. The van der Waals surface area contributed by atoms with E-state index in [9.17, 15) is 4.39 Å². The summed E-state index contributed by atoms with van der Waals surface area (Å²) in [5.41, 5.74) is 8.44. The summed E-state index contributed by atoms with van der Waals surface area (Å²) < 4.78 is 13.4. The zero-order valence-corrected chi connectivity index (χ0v) is 9.90. The lowest BCUT2D eigenvalue weighted by atomic mass is 9.99. The Hall–Kier alpha value is -0.860. The van der Waals surface area contributed by atoms with Crippen molar-refractivity contribution in [2.75, 3.05) is 0 Å². The molecule has 0 aromatic heterocycles. The molecule has 0 saturated carbocycles. The fourth-order valence-corrected chi connectivity index (χ4v) is 1.43. The van der Waals surface area contributed by atoms with Gasteiger partial charge >= 0.3 is 0 Å². The molecule has 1 aromatic rings. The van der Waals surface area contributed by atoms with Crippen LogP contribution in [-0.4, -0.2) is 0 Å². The first kappa shape index (κ1) is 14.1. The van der Waals surface area contributed by atoms with Crippen molar-refractivity contribution in [2.24, 2.45) is 5.73 Å². The Morgan fingerprint density at radius 2 is 2.13 bits per heavy atom. The summed E-state index contributed by atoms with van der Waals surface area (Å²) >= 11 is 0. The number of nitrogens with two attached hydrogens (primary N) is 1. The van der Waals surface area contributed by atoms with Crippen LogP contribution >= 0.6 is 12.4 Å². The highest BCUT2D eigenvalue weighted by atomic mass is 35.5. The topological polar surface area (TPSA) is 26.0 Å². The van der Waals surface area contributed by atoms with Crippen molar-refractivity contribution in [1.82, 2.24) is 0 Å². The molecule has 1 atom stereocenters. The second-order valence-corrected chi connectivity index (χ2v) is 3.79. The lowest BCUT2D eigenvalue weighted by Crippen LogP contribution is -2.12. The van der Waals surface area contributed by atoms with Crippen molar-refractivity contribution in [3.63, 3.8) is 0 Å². The molecule has 1 rings (SSSR count). The maximum atomic E-state index is 13.4. The van der Waals surface area contributed by atoms with Gasteiger partial charge in [0.1, 0.15) is 5.82 Å². The SMILES string of the molecule is C=C(C)C[C@@H](N)c1cc(C)ccc1F.Cl. The van der Waals surface area contributed by atoms with Gasteiger partial charge in [-0.1, -0.05) is 23.3 Å². The van der Waals surface area contributed by atoms with Crippen molar-refractivity contribution in [2.45, 2.75) is 26.3 Å². The van der Waals surface area contributed by atoms with E-state index in [2.05, 4.69) is 6.58 Å². The third-order valence-corrected chi connectivity index (χ3v) is 2.12. The van der Waals surface area contributed by atoms with Gasteiger partial charge in [-0.2, -0.15) is 0 Å². The van der Waals surface area contributed by atoms with Crippen LogP contribution in [0.4, 0.5) is 4.39 Å². The Morgan fingerprint density at radius 3 is 2.67 bits per heavy atom. The average Bonchev–Trinajstić information content (AvgIpc) is 2.08. The zero-order chi connectivity index (χ0) is 10.7. The van der Waals surface area contributed by atoms with Crippen LogP contribution in [0.1, 0.15) is 30.5 Å². The largest absolute Gasteiger partial charge is 0.324 e. The Morgan fingerprint density at radius 1 is 1.53 bits per heavy atom. The minimum absolute atomic E-state index is 0. The molecule has 0 aliphatic carbocycles. The molecule has 0 aliphatic heterocycles. The third kappa shape index (κ3) is 4.02. The van der Waals surface area contributed by atoms with E-state index in [1.165, 1.54) is 6.07 Å². The van der Waals surface area contributed by atoms with E-state index in [1.54, 1.807) is 12.1 Å². The van der Waals surface area contributed by atoms with Crippen LogP contribution in [0.25, 0.3) is 0 Å². The molecular formula is C12H17ClFN. The van der Waals surface area contributed by atoms with Gasteiger partial charge in [-0.05, 0) is 26.3 Å². The Kier molecular flexibility index (Phi) is 5.55. The molecule has 0 unspecified atom stereocenters. The lowest BCUT2D eigenvalue weighted by Gasteiger charge is -2.13. The predicted molar refractivity (Wildman–Crippen MR) is 64.7 cm³/mol. The van der Waals surface area contributed by atoms with E-state index < -0.39 is 0 Å². The summed E-state index contributed by atoms with van der Waals surface area (Å²) in [5, 5.41) is 0. The van der Waals surface area contributed by atoms with Gasteiger partial charge in [-0.25, -0.2) is 4.39 Å². The van der Waals surface area contributed by atoms with Crippen molar-refractivity contribution in [3.8, 4) is 0 Å². The number of benzene rings is 1. The van der Waals surface area contributed by atoms with Crippen LogP contribution < -0.4 is 5.73 Å². The number of rotatable bonds is 3. The number of aryl methyl sites for hydroxylation is 1. The molecule has 1 nitrogen and oxygen atoms in total. The standard InChI is InChI=1S/C12H16FN.ClH/c1-8(2)6-12(14)10-7-9(3)4-5-11(10)13;/h4-5,7,12H,1,6,14H2,2-3H3;1H/t12-;/m1./s1. The molecule has 0 aliphatic rings. The van der Waals surface area contributed by atoms with Gasteiger partial charge in [0.05, 0.1) is 0 Å². The first-order valence-electron chi connectivity index (χ1n) is 4.66. The van der Waals surface area contributed by atoms with Crippen LogP contribution in [0, 0.1) is 12.7 Å². The highest BCUT2D eigenvalue weighted by Crippen LogP contribution is 2.21. The van der Waals surface area contributed by atoms with Gasteiger partial charge in [0.2, 0.25) is 0 Å². The number of hydrogen-bond acceptors (Lipinski definition) is 1. The van der Waals surface area contributed by atoms with E-state index in [1.807, 2.05) is 13.8 Å². The van der Waals surface area contributed by atoms with Crippen LogP contribution in [0.3, 0.4) is 0 Å². The second kappa shape index (κ2) is 5.89. The van der Waals surface area contributed by atoms with Gasteiger partial charge in [-0.3, -0.25) is 0 Å². The van der Waals surface area contributed by atoms with Crippen LogP contribution in [0.2, 0.25) is 0 Å². The molecule has 15 heavy (non-hydrogen) atoms. The van der Waals surface area contributed by atoms with E-state index in [0.29, 0.717) is 12.0 Å². The van der Waals surface area contributed by atoms with E-state index in [-0.39, 0.29) is 24.3 Å². The molecule has 0 spiro atoms. The van der Waals surface area contributed by atoms with E-state index in [0.717, 1.165) is 11.1 Å². The molecule has 84 valence electrons. The quantitative estimate of drug-likeness (QED) is 0.789. The normalized spacial score (nSPS) is 11.7. The maximum absolute atomic E-state index is 13.4. The monoisotopic (exact) mass is 229 g/mol. The summed E-state index contributed by atoms with van der Waals surface area (Å²) in [6.45, 7) is 7.59. The van der Waals surface area contributed by atoms with Gasteiger partial charge in [-0.15, -0.1) is 19.0 Å².